The molecule has 0 radical (unpaired) electrons. The lowest BCUT2D eigenvalue weighted by Crippen LogP contribution is -2.63. The molecule has 33 heavy (non-hydrogen) atoms. The van der Waals surface area contributed by atoms with Crippen LogP contribution in [0.3, 0.4) is 0 Å². The van der Waals surface area contributed by atoms with E-state index < -0.39 is 15.1 Å². The van der Waals surface area contributed by atoms with Crippen molar-refractivity contribution < 1.29 is 28.3 Å². The minimum atomic E-state index is -1.22. The molecule has 186 valence electrons. The summed E-state index contributed by atoms with van der Waals surface area (Å²) in [4.78, 5) is 39.4. The van der Waals surface area contributed by atoms with Gasteiger partial charge in [-0.2, -0.15) is 0 Å². The van der Waals surface area contributed by atoms with E-state index in [4.69, 9.17) is 13.9 Å². The van der Waals surface area contributed by atoms with E-state index in [0.29, 0.717) is 31.9 Å². The molecule has 2 rings (SSSR count). The Balaban J connectivity index is 2.07. The van der Waals surface area contributed by atoms with E-state index in [1.807, 2.05) is 0 Å². The molecule has 0 saturated carbocycles. The van der Waals surface area contributed by atoms with Crippen molar-refractivity contribution in [3.05, 3.63) is 24.3 Å². The highest BCUT2D eigenvalue weighted by Gasteiger charge is 2.49. The van der Waals surface area contributed by atoms with Crippen LogP contribution in [0, 0.1) is 17.3 Å². The largest absolute Gasteiger partial charge is 0.445 e. The first kappa shape index (κ1) is 27.3. The van der Waals surface area contributed by atoms with Crippen LogP contribution < -0.4 is 5.32 Å². The number of nitrogens with zero attached hydrogens (tertiary/aromatic N) is 1. The molecule has 2 aliphatic rings. The number of allylic oxidation sites excluding steroid dienone is 1. The lowest BCUT2D eigenvalue weighted by molar-refractivity contribution is -0.143. The summed E-state index contributed by atoms with van der Waals surface area (Å²) < 4.78 is 16.7. The number of hydrogen-bond donors (Lipinski definition) is 1. The summed E-state index contributed by atoms with van der Waals surface area (Å²) in [6.45, 7) is 17.6. The van der Waals surface area contributed by atoms with Gasteiger partial charge in [0.05, 0.1) is 25.2 Å². The van der Waals surface area contributed by atoms with E-state index in [0.717, 1.165) is 0 Å². The molecule has 0 aliphatic carbocycles. The van der Waals surface area contributed by atoms with Crippen molar-refractivity contribution in [3.63, 3.8) is 0 Å². The maximum atomic E-state index is 13.0. The number of hydrogen-bond acceptors (Lipinski definition) is 6. The molecular formula is C24H40N2O6Si. The normalized spacial score (nSPS) is 24.7. The highest BCUT2D eigenvalue weighted by atomic mass is 28.3. The first-order valence-electron chi connectivity index (χ1n) is 11.7. The van der Waals surface area contributed by atoms with Crippen LogP contribution >= 0.6 is 0 Å². The number of β-lactam (4-membered cyclic amide) rings is 1. The van der Waals surface area contributed by atoms with Crippen LogP contribution in [0.1, 0.15) is 34.1 Å². The second-order valence-electron chi connectivity index (χ2n) is 10.2. The van der Waals surface area contributed by atoms with Gasteiger partial charge in [0.25, 0.3) is 0 Å². The predicted molar refractivity (Wildman–Crippen MR) is 129 cm³/mol. The Morgan fingerprint density at radius 1 is 1.36 bits per heavy atom. The number of rotatable bonds is 10. The highest BCUT2D eigenvalue weighted by Crippen LogP contribution is 2.39. The number of nitrogens with one attached hydrogen (secondary N) is 1. The topological polar surface area (TPSA) is 94.2 Å². The molecule has 2 fully saturated rings. The van der Waals surface area contributed by atoms with Gasteiger partial charge in [-0.3, -0.25) is 14.5 Å². The van der Waals surface area contributed by atoms with Gasteiger partial charge in [-0.1, -0.05) is 39.5 Å². The van der Waals surface area contributed by atoms with Crippen LogP contribution in [0.15, 0.2) is 24.3 Å². The summed E-state index contributed by atoms with van der Waals surface area (Å²) in [5.41, 5.74) is 0.425. The minimum Gasteiger partial charge on any atom is -0.445 e. The lowest BCUT2D eigenvalue weighted by Gasteiger charge is -2.46. The number of ether oxygens (including phenoxy) is 2. The first-order valence-corrected chi connectivity index (χ1v) is 14.5. The summed E-state index contributed by atoms with van der Waals surface area (Å²) in [5.74, 6) is -0.287. The highest BCUT2D eigenvalue weighted by molar-refractivity contribution is 6.48. The van der Waals surface area contributed by atoms with Gasteiger partial charge in [-0.05, 0) is 36.9 Å². The van der Waals surface area contributed by atoms with Crippen molar-refractivity contribution in [2.45, 2.75) is 59.3 Å². The van der Waals surface area contributed by atoms with Crippen LogP contribution in [0.5, 0.6) is 0 Å². The number of ketones is 1. The third kappa shape index (κ3) is 7.51. The third-order valence-electron chi connectivity index (χ3n) is 6.23. The molecule has 0 aromatic carbocycles. The van der Waals surface area contributed by atoms with Crippen LogP contribution in [0.4, 0.5) is 4.79 Å². The maximum absolute atomic E-state index is 13.0. The van der Waals surface area contributed by atoms with E-state index in [2.05, 4.69) is 45.8 Å². The van der Waals surface area contributed by atoms with Crippen LogP contribution in [-0.2, 0) is 23.5 Å². The number of amides is 2. The fourth-order valence-corrected chi connectivity index (χ4v) is 4.82. The van der Waals surface area contributed by atoms with E-state index >= 15 is 0 Å². The Morgan fingerprint density at radius 3 is 2.64 bits per heavy atom. The third-order valence-corrected chi connectivity index (χ3v) is 7.09. The average molecular weight is 481 g/mol. The average Bonchev–Trinajstić information content (AvgIpc) is 2.73. The monoisotopic (exact) mass is 480 g/mol. The van der Waals surface area contributed by atoms with Gasteiger partial charge >= 0.3 is 6.09 Å². The SMILES string of the molecule is C=CCOC(=O)N1CCOC[C@H]1C=C(C)C(=O)C[C@H]1NC(=O)[C@H]1[C@@H](CO[SiH](C)C)C(C)(C)C. The molecule has 0 aromatic heterocycles. The van der Waals surface area contributed by atoms with Crippen LogP contribution in [0.2, 0.25) is 13.1 Å². The Morgan fingerprint density at radius 2 is 2.06 bits per heavy atom. The van der Waals surface area contributed by atoms with Gasteiger partial charge in [0.2, 0.25) is 5.91 Å². The van der Waals surface area contributed by atoms with Crippen molar-refractivity contribution in [1.82, 2.24) is 10.2 Å². The molecule has 9 heteroatoms. The Hall–Kier alpha value is -1.97. The lowest BCUT2D eigenvalue weighted by atomic mass is 9.66. The molecule has 4 atom stereocenters. The van der Waals surface area contributed by atoms with Crippen LogP contribution in [-0.4, -0.2) is 76.8 Å². The van der Waals surface area contributed by atoms with Gasteiger partial charge < -0.3 is 19.2 Å². The van der Waals surface area contributed by atoms with Crippen molar-refractivity contribution in [2.75, 3.05) is 33.0 Å². The Kier molecular flexibility index (Phi) is 9.87. The molecule has 1 N–H and O–H groups in total. The molecule has 0 spiro atoms. The Bertz CT molecular complexity index is 761. The van der Waals surface area contributed by atoms with E-state index in [-0.39, 0.29) is 54.1 Å². The zero-order valence-corrected chi connectivity index (χ0v) is 22.0. The second kappa shape index (κ2) is 11.9. The number of carbonyl (C=O) groups excluding carboxylic acids is 3. The van der Waals surface area contributed by atoms with Crippen molar-refractivity contribution in [1.29, 1.82) is 0 Å². The van der Waals surface area contributed by atoms with Crippen molar-refractivity contribution in [3.8, 4) is 0 Å². The standard InChI is InChI=1S/C24H40N2O6Si/c1-8-10-31-23(29)26-9-11-30-14-17(26)12-16(2)20(27)13-19-21(22(28)25-19)18(24(3,4)5)15-32-33(6)7/h8,12,17-19,21,33H,1,9-11,13-15H2,2-7H3,(H,25,28)/t17-,18-,19-,21+/m1/s1. The number of carbonyl (C=O) groups is 3. The summed E-state index contributed by atoms with van der Waals surface area (Å²) >= 11 is 0. The summed E-state index contributed by atoms with van der Waals surface area (Å²) in [7, 11) is -1.22. The van der Waals surface area contributed by atoms with E-state index in [9.17, 15) is 14.4 Å². The minimum absolute atomic E-state index is 0.0137. The first-order chi connectivity index (χ1) is 15.5. The Labute approximate surface area is 199 Å². The van der Waals surface area contributed by atoms with Crippen molar-refractivity contribution >= 4 is 26.8 Å². The van der Waals surface area contributed by atoms with Gasteiger partial charge in [0.15, 0.2) is 14.8 Å². The quantitative estimate of drug-likeness (QED) is 0.224. The fraction of sp³-hybridized carbons (Fsp3) is 0.708. The van der Waals surface area contributed by atoms with Gasteiger partial charge in [0, 0.05) is 25.6 Å². The smallest absolute Gasteiger partial charge is 0.410 e. The summed E-state index contributed by atoms with van der Waals surface area (Å²) in [5, 5.41) is 2.92. The summed E-state index contributed by atoms with van der Waals surface area (Å²) in [6.07, 6.45) is 3.05. The number of morpholine rings is 1. The van der Waals surface area contributed by atoms with Crippen molar-refractivity contribution in [2.24, 2.45) is 17.3 Å². The van der Waals surface area contributed by atoms with Gasteiger partial charge in [-0.15, -0.1) is 0 Å². The van der Waals surface area contributed by atoms with Gasteiger partial charge in [-0.25, -0.2) is 4.79 Å². The molecule has 0 aromatic rings. The molecule has 2 amide bonds. The maximum Gasteiger partial charge on any atom is 0.410 e. The fourth-order valence-electron chi connectivity index (χ4n) is 4.23. The second-order valence-corrected chi connectivity index (χ2v) is 12.6. The zero-order chi connectivity index (χ0) is 24.8. The molecule has 8 nitrogen and oxygen atoms in total. The molecule has 0 unspecified atom stereocenters. The van der Waals surface area contributed by atoms with Gasteiger partial charge in [0.1, 0.15) is 6.61 Å². The van der Waals surface area contributed by atoms with E-state index in [1.54, 1.807) is 17.9 Å². The molecule has 2 heterocycles. The van der Waals surface area contributed by atoms with Crippen LogP contribution in [0.25, 0.3) is 0 Å². The molecule has 2 aliphatic heterocycles. The predicted octanol–water partition coefficient (Wildman–Crippen LogP) is 2.69. The molecule has 0 bridgehead atoms. The summed E-state index contributed by atoms with van der Waals surface area (Å²) in [6, 6.07) is -0.593. The molecule has 2 saturated heterocycles. The molecular weight excluding hydrogens is 440 g/mol. The number of Topliss-reactive ketones (excluding diaryl/α,β-unsaturated/α-hetero) is 1. The van der Waals surface area contributed by atoms with E-state index in [1.165, 1.54) is 6.08 Å². The zero-order valence-electron chi connectivity index (χ0n) is 20.9.